The highest BCUT2D eigenvalue weighted by Crippen LogP contribution is 2.33. The number of likely N-dealkylation sites (N-methyl/N-ethyl adjacent to an activating group) is 1. The van der Waals surface area contributed by atoms with Crippen molar-refractivity contribution in [3.8, 4) is 11.3 Å². The number of hydrogen-bond acceptors (Lipinski definition) is 6. The summed E-state index contributed by atoms with van der Waals surface area (Å²) in [6, 6.07) is 9.18. The van der Waals surface area contributed by atoms with Gasteiger partial charge in [0, 0.05) is 45.4 Å². The van der Waals surface area contributed by atoms with E-state index in [0.717, 1.165) is 16.9 Å². The van der Waals surface area contributed by atoms with Crippen LogP contribution in [0.5, 0.6) is 0 Å². The van der Waals surface area contributed by atoms with Crippen LogP contribution < -0.4 is 10.6 Å². The standard InChI is InChI=1S/C21H24ClN7O2/c1-13(30)27-7-8-28(18(11-27)21(31)26(2)3)15-6-4-5-14(9-15)17-10-16(22)19-20(23)24-12-25-29(17)19/h4-6,9-10,12,18H,7-8,11H2,1-3H3,(H2,23,24,25). The molecule has 4 rings (SSSR count). The zero-order valence-corrected chi connectivity index (χ0v) is 18.4. The second kappa shape index (κ2) is 8.07. The maximum atomic E-state index is 12.9. The number of piperazine rings is 1. The van der Waals surface area contributed by atoms with E-state index in [1.165, 1.54) is 13.3 Å². The molecule has 1 saturated heterocycles. The first kappa shape index (κ1) is 20.9. The number of nitrogens with zero attached hydrogens (tertiary/aromatic N) is 6. The molecule has 1 aromatic carbocycles. The third-order valence-corrected chi connectivity index (χ3v) is 5.85. The van der Waals surface area contributed by atoms with Crippen LogP contribution in [0.1, 0.15) is 6.92 Å². The van der Waals surface area contributed by atoms with E-state index >= 15 is 0 Å². The summed E-state index contributed by atoms with van der Waals surface area (Å²) in [5.41, 5.74) is 9.06. The maximum Gasteiger partial charge on any atom is 0.246 e. The summed E-state index contributed by atoms with van der Waals surface area (Å²) in [7, 11) is 3.45. The molecule has 2 amide bonds. The molecule has 1 fully saturated rings. The highest BCUT2D eigenvalue weighted by molar-refractivity contribution is 6.35. The highest BCUT2D eigenvalue weighted by atomic mass is 35.5. The van der Waals surface area contributed by atoms with Crippen molar-refractivity contribution in [2.75, 3.05) is 44.4 Å². The van der Waals surface area contributed by atoms with Crippen molar-refractivity contribution in [1.82, 2.24) is 24.4 Å². The normalized spacial score (nSPS) is 16.6. The Hall–Kier alpha value is -3.33. The summed E-state index contributed by atoms with van der Waals surface area (Å²) in [5.74, 6) is 0.226. The van der Waals surface area contributed by atoms with Gasteiger partial charge < -0.3 is 20.4 Å². The average Bonchev–Trinajstić information content (AvgIpc) is 3.10. The lowest BCUT2D eigenvalue weighted by atomic mass is 10.1. The van der Waals surface area contributed by atoms with Crippen LogP contribution in [0.15, 0.2) is 36.7 Å². The van der Waals surface area contributed by atoms with Gasteiger partial charge in [-0.2, -0.15) is 5.10 Å². The molecule has 1 aliphatic heterocycles. The minimum atomic E-state index is -0.464. The number of nitrogens with two attached hydrogens (primary N) is 1. The quantitative estimate of drug-likeness (QED) is 0.664. The lowest BCUT2D eigenvalue weighted by molar-refractivity contribution is -0.134. The Morgan fingerprint density at radius 1 is 1.23 bits per heavy atom. The van der Waals surface area contributed by atoms with Crippen LogP contribution in [0.4, 0.5) is 11.5 Å². The number of carbonyl (C=O) groups excluding carboxylic acids is 2. The SMILES string of the molecule is CC(=O)N1CCN(c2cccc(-c3cc(Cl)c4c(N)ncnn34)c2)C(C(=O)N(C)C)C1. The molecule has 0 spiro atoms. The molecule has 0 bridgehead atoms. The molecule has 9 nitrogen and oxygen atoms in total. The van der Waals surface area contributed by atoms with Crippen molar-refractivity contribution in [3.63, 3.8) is 0 Å². The Bertz CT molecular complexity index is 1160. The van der Waals surface area contributed by atoms with Gasteiger partial charge in [-0.25, -0.2) is 9.50 Å². The van der Waals surface area contributed by atoms with Gasteiger partial charge in [0.15, 0.2) is 5.82 Å². The van der Waals surface area contributed by atoms with Gasteiger partial charge in [0.05, 0.1) is 17.3 Å². The molecular formula is C21H24ClN7O2. The Balaban J connectivity index is 1.75. The number of fused-ring (bicyclic) bond motifs is 1. The summed E-state index contributed by atoms with van der Waals surface area (Å²) in [4.78, 5) is 34.2. The van der Waals surface area contributed by atoms with Crippen LogP contribution in [-0.4, -0.2) is 76.0 Å². The minimum Gasteiger partial charge on any atom is -0.382 e. The van der Waals surface area contributed by atoms with Crippen molar-refractivity contribution in [2.24, 2.45) is 0 Å². The largest absolute Gasteiger partial charge is 0.382 e. The summed E-state index contributed by atoms with van der Waals surface area (Å²) in [6.45, 7) is 2.99. The lowest BCUT2D eigenvalue weighted by Crippen LogP contribution is -2.59. The summed E-state index contributed by atoms with van der Waals surface area (Å²) in [6.07, 6.45) is 1.39. The molecule has 3 heterocycles. The third-order valence-electron chi connectivity index (χ3n) is 5.56. The smallest absolute Gasteiger partial charge is 0.246 e. The molecule has 0 aliphatic carbocycles. The van der Waals surface area contributed by atoms with E-state index in [0.29, 0.717) is 36.0 Å². The number of nitrogen functional groups attached to an aromatic ring is 1. The van der Waals surface area contributed by atoms with Crippen LogP contribution >= 0.6 is 11.6 Å². The summed E-state index contributed by atoms with van der Waals surface area (Å²) in [5, 5.41) is 4.77. The van der Waals surface area contributed by atoms with Gasteiger partial charge in [0.2, 0.25) is 11.8 Å². The summed E-state index contributed by atoms with van der Waals surface area (Å²) >= 11 is 6.39. The van der Waals surface area contributed by atoms with Crippen molar-refractivity contribution < 1.29 is 9.59 Å². The van der Waals surface area contributed by atoms with E-state index in [-0.39, 0.29) is 11.8 Å². The van der Waals surface area contributed by atoms with E-state index in [4.69, 9.17) is 17.3 Å². The van der Waals surface area contributed by atoms with Crippen molar-refractivity contribution >= 4 is 40.4 Å². The van der Waals surface area contributed by atoms with Crippen LogP contribution in [0.2, 0.25) is 5.02 Å². The zero-order valence-electron chi connectivity index (χ0n) is 17.6. The number of halogens is 1. The number of hydrogen-bond donors (Lipinski definition) is 1. The molecule has 1 atom stereocenters. The van der Waals surface area contributed by atoms with E-state index in [9.17, 15) is 9.59 Å². The maximum absolute atomic E-state index is 12.9. The van der Waals surface area contributed by atoms with Gasteiger partial charge in [0.1, 0.15) is 17.9 Å². The predicted molar refractivity (Wildman–Crippen MR) is 120 cm³/mol. The first-order valence-electron chi connectivity index (χ1n) is 9.89. The summed E-state index contributed by atoms with van der Waals surface area (Å²) < 4.78 is 1.67. The topological polar surface area (TPSA) is 100 Å². The number of aromatic nitrogens is 3. The van der Waals surface area contributed by atoms with Crippen LogP contribution in [0, 0.1) is 0 Å². The van der Waals surface area contributed by atoms with E-state index in [1.54, 1.807) is 34.5 Å². The molecule has 10 heteroatoms. The van der Waals surface area contributed by atoms with Crippen molar-refractivity contribution in [1.29, 1.82) is 0 Å². The molecule has 0 saturated carbocycles. The van der Waals surface area contributed by atoms with Gasteiger partial charge in [-0.15, -0.1) is 0 Å². The molecule has 162 valence electrons. The fraction of sp³-hybridized carbons (Fsp3) is 0.333. The molecule has 1 unspecified atom stereocenters. The predicted octanol–water partition coefficient (Wildman–Crippen LogP) is 1.76. The molecule has 0 radical (unpaired) electrons. The Morgan fingerprint density at radius 3 is 2.71 bits per heavy atom. The van der Waals surface area contributed by atoms with Crippen LogP contribution in [-0.2, 0) is 9.59 Å². The second-order valence-corrected chi connectivity index (χ2v) is 8.15. The number of carbonyl (C=O) groups is 2. The zero-order chi connectivity index (χ0) is 22.3. The Kier molecular flexibility index (Phi) is 5.45. The van der Waals surface area contributed by atoms with Gasteiger partial charge in [0.25, 0.3) is 0 Å². The molecule has 2 N–H and O–H groups in total. The highest BCUT2D eigenvalue weighted by Gasteiger charge is 2.34. The van der Waals surface area contributed by atoms with Crippen LogP contribution in [0.3, 0.4) is 0 Å². The Morgan fingerprint density at radius 2 is 2.00 bits per heavy atom. The first-order valence-corrected chi connectivity index (χ1v) is 10.3. The first-order chi connectivity index (χ1) is 14.8. The molecule has 1 aliphatic rings. The van der Waals surface area contributed by atoms with E-state index < -0.39 is 6.04 Å². The lowest BCUT2D eigenvalue weighted by Gasteiger charge is -2.42. The molecule has 31 heavy (non-hydrogen) atoms. The molecular weight excluding hydrogens is 418 g/mol. The number of anilines is 2. The van der Waals surface area contributed by atoms with Gasteiger partial charge in [-0.3, -0.25) is 9.59 Å². The van der Waals surface area contributed by atoms with Crippen molar-refractivity contribution in [3.05, 3.63) is 41.7 Å². The second-order valence-electron chi connectivity index (χ2n) is 7.74. The van der Waals surface area contributed by atoms with Gasteiger partial charge in [-0.1, -0.05) is 23.7 Å². The number of benzene rings is 1. The van der Waals surface area contributed by atoms with Gasteiger partial charge >= 0.3 is 0 Å². The fourth-order valence-corrected chi connectivity index (χ4v) is 4.24. The van der Waals surface area contributed by atoms with E-state index in [2.05, 4.69) is 10.1 Å². The average molecular weight is 442 g/mol. The monoisotopic (exact) mass is 441 g/mol. The number of rotatable bonds is 3. The Labute approximate surface area is 185 Å². The van der Waals surface area contributed by atoms with Gasteiger partial charge in [-0.05, 0) is 18.2 Å². The third kappa shape index (κ3) is 3.76. The van der Waals surface area contributed by atoms with Crippen LogP contribution in [0.25, 0.3) is 16.8 Å². The van der Waals surface area contributed by atoms with E-state index in [1.807, 2.05) is 29.2 Å². The molecule has 3 aromatic rings. The number of amides is 2. The fourth-order valence-electron chi connectivity index (χ4n) is 3.96. The minimum absolute atomic E-state index is 0.0310. The van der Waals surface area contributed by atoms with Crippen molar-refractivity contribution in [2.45, 2.75) is 13.0 Å². The molecule has 2 aromatic heterocycles.